The van der Waals surface area contributed by atoms with Gasteiger partial charge < -0.3 is 0 Å². The molecule has 4 aromatic carbocycles. The molecule has 0 radical (unpaired) electrons. The molecule has 4 aromatic rings. The minimum atomic E-state index is -4.12. The number of para-hydroxylation sites is 1. The van der Waals surface area contributed by atoms with Crippen LogP contribution in [0.4, 0.5) is 5.69 Å². The summed E-state index contributed by atoms with van der Waals surface area (Å²) in [6, 6.07) is 37.4. The van der Waals surface area contributed by atoms with E-state index in [1.54, 1.807) is 18.2 Å². The molecule has 0 atom stereocenters. The normalized spacial score (nSPS) is 11.0. The maximum atomic E-state index is 13.4. The van der Waals surface area contributed by atoms with Crippen molar-refractivity contribution in [2.24, 2.45) is 0 Å². The Bertz CT molecular complexity index is 1000. The topological polar surface area (TPSA) is 52.3 Å². The van der Waals surface area contributed by atoms with Crippen LogP contribution in [0.2, 0.25) is 0 Å². The summed E-state index contributed by atoms with van der Waals surface area (Å²) in [6.07, 6.45) is 0. The Balaban J connectivity index is 1.95. The van der Waals surface area contributed by atoms with Crippen molar-refractivity contribution in [3.63, 3.8) is 0 Å². The molecule has 2 N–H and O–H groups in total. The van der Waals surface area contributed by atoms with Crippen LogP contribution in [0.5, 0.6) is 0 Å². The van der Waals surface area contributed by atoms with E-state index in [1.807, 2.05) is 60.7 Å². The summed E-state index contributed by atoms with van der Waals surface area (Å²) >= 11 is -4.12. The SMILES string of the molecule is Nc1ccccc1C(=O)[O][Sn]([c]1ccccc1)([c]1ccccc1)[c]1ccccc1. The van der Waals surface area contributed by atoms with Crippen LogP contribution in [0.3, 0.4) is 0 Å². The van der Waals surface area contributed by atoms with Crippen molar-refractivity contribution in [3.8, 4) is 0 Å². The number of hydrogen-bond acceptors (Lipinski definition) is 3. The Labute approximate surface area is 175 Å². The van der Waals surface area contributed by atoms with Gasteiger partial charge >= 0.3 is 176 Å². The number of hydrogen-bond donors (Lipinski definition) is 1. The summed E-state index contributed by atoms with van der Waals surface area (Å²) in [5.74, 6) is -0.379. The van der Waals surface area contributed by atoms with Crippen LogP contribution in [0.25, 0.3) is 0 Å². The first kappa shape index (κ1) is 19.3. The monoisotopic (exact) mass is 487 g/mol. The minimum absolute atomic E-state index is 0.379. The first-order chi connectivity index (χ1) is 14.2. The number of nitrogen functional groups attached to an aromatic ring is 1. The van der Waals surface area contributed by atoms with Crippen LogP contribution in [0, 0.1) is 0 Å². The molecule has 0 aromatic heterocycles. The average molecular weight is 486 g/mol. The van der Waals surface area contributed by atoms with Crippen LogP contribution >= 0.6 is 0 Å². The van der Waals surface area contributed by atoms with E-state index in [1.165, 1.54) is 0 Å². The van der Waals surface area contributed by atoms with E-state index >= 15 is 0 Å². The molecule has 0 bridgehead atoms. The third-order valence-electron chi connectivity index (χ3n) is 4.97. The fourth-order valence-electron chi connectivity index (χ4n) is 3.57. The Kier molecular flexibility index (Phi) is 5.67. The second-order valence-electron chi connectivity index (χ2n) is 6.76. The molecule has 0 fully saturated rings. The van der Waals surface area contributed by atoms with Crippen LogP contribution < -0.4 is 16.5 Å². The van der Waals surface area contributed by atoms with E-state index < -0.39 is 18.8 Å². The van der Waals surface area contributed by atoms with Crippen molar-refractivity contribution < 1.29 is 7.87 Å². The quantitative estimate of drug-likeness (QED) is 0.349. The fourth-order valence-corrected chi connectivity index (χ4v) is 14.2. The molecule has 0 aliphatic rings. The molecule has 142 valence electrons. The van der Waals surface area contributed by atoms with Gasteiger partial charge in [0.05, 0.1) is 0 Å². The molecule has 0 heterocycles. The second kappa shape index (κ2) is 8.53. The summed E-state index contributed by atoms with van der Waals surface area (Å²) in [5, 5.41) is 0. The summed E-state index contributed by atoms with van der Waals surface area (Å²) in [7, 11) is 0. The molecule has 3 nitrogen and oxygen atoms in total. The molecule has 4 rings (SSSR count). The van der Waals surface area contributed by atoms with Gasteiger partial charge in [0.25, 0.3) is 0 Å². The molecular weight excluding hydrogens is 465 g/mol. The summed E-state index contributed by atoms with van der Waals surface area (Å²) in [4.78, 5) is 13.4. The van der Waals surface area contributed by atoms with Crippen LogP contribution in [-0.4, -0.2) is 24.8 Å². The van der Waals surface area contributed by atoms with Gasteiger partial charge in [0.1, 0.15) is 0 Å². The predicted molar refractivity (Wildman–Crippen MR) is 120 cm³/mol. The molecule has 0 amide bonds. The van der Waals surface area contributed by atoms with Gasteiger partial charge in [0, 0.05) is 0 Å². The number of carbonyl (C=O) groups excluding carboxylic acids is 1. The third kappa shape index (κ3) is 3.78. The van der Waals surface area contributed by atoms with Crippen molar-refractivity contribution in [2.45, 2.75) is 0 Å². The van der Waals surface area contributed by atoms with Gasteiger partial charge in [-0.2, -0.15) is 0 Å². The summed E-state index contributed by atoms with van der Waals surface area (Å²) < 4.78 is 9.77. The fraction of sp³-hybridized carbons (Fsp3) is 0. The molecule has 0 saturated heterocycles. The molecule has 0 aliphatic carbocycles. The second-order valence-corrected chi connectivity index (χ2v) is 16.2. The van der Waals surface area contributed by atoms with Crippen molar-refractivity contribution in [3.05, 3.63) is 121 Å². The van der Waals surface area contributed by atoms with E-state index in [0.29, 0.717) is 11.3 Å². The predicted octanol–water partition coefficient (Wildman–Crippen LogP) is 3.09. The van der Waals surface area contributed by atoms with Crippen molar-refractivity contribution in [2.75, 3.05) is 5.73 Å². The number of nitrogens with two attached hydrogens (primary N) is 1. The number of benzene rings is 4. The van der Waals surface area contributed by atoms with E-state index in [9.17, 15) is 4.79 Å². The zero-order chi connectivity index (χ0) is 20.1. The molecular formula is C25H21NO2Sn. The number of anilines is 1. The first-order valence-electron chi connectivity index (χ1n) is 9.46. The van der Waals surface area contributed by atoms with Gasteiger partial charge in [-0.15, -0.1) is 0 Å². The van der Waals surface area contributed by atoms with Gasteiger partial charge in [-0.1, -0.05) is 0 Å². The standard InChI is InChI=1S/C7H7NO2.3C6H5.Sn/c8-6-4-2-1-3-5(6)7(9)10;3*1-2-4-6-5-3-1;/h1-4H,8H2,(H,9,10);3*1-5H;/q;;;;+1/p-1. The third-order valence-corrected chi connectivity index (χ3v) is 16.2. The van der Waals surface area contributed by atoms with E-state index in [0.717, 1.165) is 10.7 Å². The molecule has 0 aliphatic heterocycles. The zero-order valence-corrected chi connectivity index (χ0v) is 18.7. The molecule has 0 unspecified atom stereocenters. The van der Waals surface area contributed by atoms with Crippen molar-refractivity contribution in [1.29, 1.82) is 0 Å². The van der Waals surface area contributed by atoms with Gasteiger partial charge in [0.15, 0.2) is 0 Å². The van der Waals surface area contributed by atoms with Gasteiger partial charge in [0.2, 0.25) is 0 Å². The first-order valence-corrected chi connectivity index (χ1v) is 14.9. The zero-order valence-electron chi connectivity index (χ0n) is 15.9. The van der Waals surface area contributed by atoms with Gasteiger partial charge in [-0.3, -0.25) is 0 Å². The van der Waals surface area contributed by atoms with Crippen LogP contribution in [0.1, 0.15) is 10.4 Å². The molecule has 0 spiro atoms. The van der Waals surface area contributed by atoms with Crippen LogP contribution in [-0.2, 0) is 3.07 Å². The Morgan fingerprint density at radius 2 is 0.966 bits per heavy atom. The van der Waals surface area contributed by atoms with Gasteiger partial charge in [-0.25, -0.2) is 0 Å². The van der Waals surface area contributed by atoms with Crippen molar-refractivity contribution >= 4 is 41.2 Å². The Morgan fingerprint density at radius 1 is 0.586 bits per heavy atom. The van der Waals surface area contributed by atoms with Crippen molar-refractivity contribution in [1.82, 2.24) is 0 Å². The van der Waals surface area contributed by atoms with Gasteiger partial charge in [-0.05, 0) is 0 Å². The Morgan fingerprint density at radius 3 is 1.38 bits per heavy atom. The Hall–Kier alpha value is -3.05. The molecule has 29 heavy (non-hydrogen) atoms. The summed E-state index contributed by atoms with van der Waals surface area (Å²) in [6.45, 7) is 0. The van der Waals surface area contributed by atoms with Crippen LogP contribution in [0.15, 0.2) is 115 Å². The number of carbonyl (C=O) groups is 1. The van der Waals surface area contributed by atoms with E-state index in [-0.39, 0.29) is 5.97 Å². The summed E-state index contributed by atoms with van der Waals surface area (Å²) in [5.41, 5.74) is 6.90. The van der Waals surface area contributed by atoms with E-state index in [4.69, 9.17) is 8.81 Å². The maximum absolute atomic E-state index is 13.4. The average Bonchev–Trinajstić information content (AvgIpc) is 2.79. The number of rotatable bonds is 5. The van der Waals surface area contributed by atoms with E-state index in [2.05, 4.69) is 36.4 Å². The molecule has 4 heteroatoms. The molecule has 0 saturated carbocycles.